The van der Waals surface area contributed by atoms with Crippen molar-refractivity contribution in [3.05, 3.63) is 92.8 Å². The number of fused-ring (bicyclic) bond motifs is 6. The van der Waals surface area contributed by atoms with Gasteiger partial charge in [0, 0.05) is 66.4 Å². The van der Waals surface area contributed by atoms with Gasteiger partial charge in [-0.2, -0.15) is 0 Å². The molecular formula is C63H81N7O21. The van der Waals surface area contributed by atoms with Crippen molar-refractivity contribution in [2.75, 3.05) is 137 Å². The minimum atomic E-state index is -1.57. The van der Waals surface area contributed by atoms with Crippen LogP contribution in [0, 0.1) is 0 Å². The van der Waals surface area contributed by atoms with E-state index in [2.05, 4.69) is 22.9 Å². The number of imide groups is 1. The van der Waals surface area contributed by atoms with Crippen LogP contribution >= 0.6 is 0 Å². The number of aromatic nitrogens is 2. The number of amides is 5. The highest BCUT2D eigenvalue weighted by Crippen LogP contribution is 2.43. The number of hydrogen-bond acceptors (Lipinski definition) is 23. The third kappa shape index (κ3) is 20.8. The number of anilines is 1. The molecule has 0 radical (unpaired) electrons. The van der Waals surface area contributed by atoms with E-state index in [9.17, 15) is 38.4 Å². The molecular weight excluding hydrogens is 1190 g/mol. The van der Waals surface area contributed by atoms with E-state index in [4.69, 9.17) is 72.3 Å². The van der Waals surface area contributed by atoms with Crippen molar-refractivity contribution in [2.24, 2.45) is 5.73 Å². The minimum Gasteiger partial charge on any atom is -0.458 e. The Morgan fingerprint density at radius 3 is 1.91 bits per heavy atom. The van der Waals surface area contributed by atoms with Crippen molar-refractivity contribution in [2.45, 2.75) is 90.2 Å². The first-order valence-electron chi connectivity index (χ1n) is 30.8. The number of rotatable bonds is 43. The Labute approximate surface area is 525 Å². The summed E-state index contributed by atoms with van der Waals surface area (Å²) in [4.78, 5) is 108. The highest BCUT2D eigenvalue weighted by atomic mass is 16.7. The van der Waals surface area contributed by atoms with Crippen LogP contribution < -0.4 is 36.7 Å². The number of carbonyl (C=O) groups is 7. The summed E-state index contributed by atoms with van der Waals surface area (Å²) in [6.07, 6.45) is 3.90. The number of hydrogen-bond donors (Lipinski definition) is 4. The van der Waals surface area contributed by atoms with Gasteiger partial charge in [0.1, 0.15) is 19.3 Å². The van der Waals surface area contributed by atoms with Crippen LogP contribution in [0.4, 0.5) is 10.5 Å². The molecule has 91 heavy (non-hydrogen) atoms. The number of pyridine rings is 2. The molecule has 0 spiro atoms. The molecule has 28 nitrogen and oxygen atoms in total. The van der Waals surface area contributed by atoms with Gasteiger partial charge in [-0.25, -0.2) is 14.6 Å². The van der Waals surface area contributed by atoms with Gasteiger partial charge in [-0.3, -0.25) is 33.7 Å². The molecule has 4 aliphatic rings. The summed E-state index contributed by atoms with van der Waals surface area (Å²) in [5, 5.41) is 9.23. The Balaban J connectivity index is 0.631. The molecule has 0 saturated carbocycles. The third-order valence-corrected chi connectivity index (χ3v) is 14.8. The van der Waals surface area contributed by atoms with Gasteiger partial charge >= 0.3 is 12.1 Å². The molecule has 6 heterocycles. The first-order chi connectivity index (χ1) is 44.4. The minimum absolute atomic E-state index is 0.0206. The molecule has 2 aromatic carbocycles. The van der Waals surface area contributed by atoms with Gasteiger partial charge in [-0.1, -0.05) is 25.5 Å². The number of cyclic esters (lactones) is 1. The topological polar surface area (TPSA) is 340 Å². The summed E-state index contributed by atoms with van der Waals surface area (Å²) in [6.45, 7) is 8.32. The van der Waals surface area contributed by atoms with Crippen molar-refractivity contribution in [1.82, 2.24) is 25.1 Å². The Morgan fingerprint density at radius 2 is 1.30 bits per heavy atom. The number of nitrogens with zero attached hydrogens (tertiary/aromatic N) is 3. The van der Waals surface area contributed by atoms with E-state index in [1.807, 2.05) is 12.1 Å². The summed E-state index contributed by atoms with van der Waals surface area (Å²) < 4.78 is 73.3. The molecule has 494 valence electrons. The lowest BCUT2D eigenvalue weighted by molar-refractivity contribution is -0.159. The van der Waals surface area contributed by atoms with Crippen LogP contribution in [-0.2, 0) is 107 Å². The average Bonchev–Trinajstić information content (AvgIpc) is 1.61. The Bertz CT molecular complexity index is 3190. The van der Waals surface area contributed by atoms with Gasteiger partial charge in [-0.05, 0) is 74.0 Å². The SMILES string of the molecule is CCCCc1c2c(nc3cc4c(cc13)OCO4)-c1cc3c(c(=O)n1C2)COC(=O)[C@H]3OC(=O)OCc1ccc(NC(=O)[C@H](CCCCN)NC(=O)CCOCCOCCOCCOCCOCCOCCOCCOCCNC(=O)CCN2C(=O)C=CC2=O)cc1. The van der Waals surface area contributed by atoms with Gasteiger partial charge in [-0.15, -0.1) is 0 Å². The maximum Gasteiger partial charge on any atom is 0.509 e. The van der Waals surface area contributed by atoms with Crippen molar-refractivity contribution < 1.29 is 95.1 Å². The molecule has 0 bridgehead atoms. The normalized spacial score (nSPS) is 14.7. The van der Waals surface area contributed by atoms with E-state index in [-0.39, 0.29) is 87.7 Å². The molecule has 28 heteroatoms. The molecule has 0 aliphatic carbocycles. The number of unbranched alkanes of at least 4 members (excludes halogenated alkanes) is 2. The highest BCUT2D eigenvalue weighted by molar-refractivity contribution is 6.13. The molecule has 0 saturated heterocycles. The zero-order chi connectivity index (χ0) is 64.2. The number of ether oxygens (including phenoxy) is 13. The summed E-state index contributed by atoms with van der Waals surface area (Å²) in [5.74, 6) is -1.54. The van der Waals surface area contributed by atoms with Gasteiger partial charge in [0.2, 0.25) is 30.6 Å². The zero-order valence-corrected chi connectivity index (χ0v) is 51.3. The molecule has 2 aromatic heterocycles. The van der Waals surface area contributed by atoms with Crippen molar-refractivity contribution >= 4 is 58.3 Å². The van der Waals surface area contributed by atoms with Gasteiger partial charge in [0.05, 0.1) is 135 Å². The predicted octanol–water partition coefficient (Wildman–Crippen LogP) is 3.45. The van der Waals surface area contributed by atoms with E-state index in [1.54, 1.807) is 34.9 Å². The number of aryl methyl sites for hydroxylation is 1. The summed E-state index contributed by atoms with van der Waals surface area (Å²) in [6, 6.07) is 11.1. The molecule has 5 N–H and O–H groups in total. The van der Waals surface area contributed by atoms with Crippen LogP contribution in [0.5, 0.6) is 11.5 Å². The quantitative estimate of drug-likeness (QED) is 0.0247. The van der Waals surface area contributed by atoms with Crippen molar-refractivity contribution in [1.29, 1.82) is 0 Å². The summed E-state index contributed by atoms with van der Waals surface area (Å²) in [7, 11) is 0. The molecule has 0 fully saturated rings. The van der Waals surface area contributed by atoms with E-state index < -0.39 is 42.0 Å². The lowest BCUT2D eigenvalue weighted by atomic mass is 9.95. The highest BCUT2D eigenvalue weighted by Gasteiger charge is 2.39. The molecule has 8 rings (SSSR count). The number of esters is 1. The maximum atomic E-state index is 14.1. The van der Waals surface area contributed by atoms with Crippen molar-refractivity contribution in [3.8, 4) is 22.9 Å². The maximum absolute atomic E-state index is 14.1. The smallest absolute Gasteiger partial charge is 0.458 e. The van der Waals surface area contributed by atoms with Crippen LogP contribution in [-0.4, -0.2) is 194 Å². The fourth-order valence-corrected chi connectivity index (χ4v) is 10.1. The molecule has 4 aromatic rings. The van der Waals surface area contributed by atoms with E-state index >= 15 is 0 Å². The van der Waals surface area contributed by atoms with E-state index in [0.717, 1.165) is 40.7 Å². The largest absolute Gasteiger partial charge is 0.509 e. The molecule has 2 atom stereocenters. The first-order valence-corrected chi connectivity index (χ1v) is 30.8. The van der Waals surface area contributed by atoms with Crippen LogP contribution in [0.15, 0.2) is 59.4 Å². The fourth-order valence-electron chi connectivity index (χ4n) is 10.1. The third-order valence-electron chi connectivity index (χ3n) is 14.8. The Morgan fingerprint density at radius 1 is 0.692 bits per heavy atom. The van der Waals surface area contributed by atoms with Gasteiger partial charge in [0.15, 0.2) is 11.5 Å². The molecule has 0 unspecified atom stereocenters. The number of benzene rings is 2. The monoisotopic (exact) mass is 1270 g/mol. The van der Waals surface area contributed by atoms with E-state index in [0.29, 0.717) is 165 Å². The lowest BCUT2D eigenvalue weighted by Crippen LogP contribution is -2.44. The molecule has 5 amide bonds. The first kappa shape index (κ1) is 69.0. The second-order valence-corrected chi connectivity index (χ2v) is 21.2. The predicted molar refractivity (Wildman–Crippen MR) is 324 cm³/mol. The number of carbonyl (C=O) groups excluding carboxylic acids is 7. The lowest BCUT2D eigenvalue weighted by Gasteiger charge is -2.24. The fraction of sp³-hybridized carbons (Fsp3) is 0.540. The Hall–Kier alpha value is -7.93. The van der Waals surface area contributed by atoms with E-state index in [1.165, 1.54) is 12.2 Å². The van der Waals surface area contributed by atoms with Crippen LogP contribution in [0.1, 0.15) is 85.8 Å². The summed E-state index contributed by atoms with van der Waals surface area (Å²) >= 11 is 0. The van der Waals surface area contributed by atoms with Gasteiger partial charge < -0.3 is 87.8 Å². The number of nitrogens with two attached hydrogens (primary N) is 1. The van der Waals surface area contributed by atoms with Gasteiger partial charge in [0.25, 0.3) is 17.4 Å². The summed E-state index contributed by atoms with van der Waals surface area (Å²) in [5.41, 5.74) is 10.4. The molecule has 4 aliphatic heterocycles. The van der Waals surface area contributed by atoms with Crippen LogP contribution in [0.3, 0.4) is 0 Å². The average molecular weight is 1270 g/mol. The standard InChI is InChI=1S/C63H81N7O21/c1-2-3-6-44-45-36-52-53(90-41-89-52)37-50(45)68-58-47(44)38-70-51(58)35-46-48(61(70)76)40-87-62(77)59(46)91-63(78)88-39-42-8-10-43(11-9-42)66-60(75)49(7-4-5-16-64)67-55(72)15-19-79-21-23-81-25-27-83-29-31-85-33-34-86-32-30-84-28-26-82-24-22-80-20-17-65-54(71)14-18-69-56(73)12-13-57(69)74/h8-13,35-37,49,59H,2-7,14-34,38-41,64H2,1H3,(H,65,71)(H,66,75)(H,67,72)/t49-,59-/m0/s1. The van der Waals surface area contributed by atoms with Crippen molar-refractivity contribution in [3.63, 3.8) is 0 Å². The van der Waals surface area contributed by atoms with Crippen LogP contribution in [0.25, 0.3) is 22.3 Å². The van der Waals surface area contributed by atoms with Crippen LogP contribution in [0.2, 0.25) is 0 Å². The zero-order valence-electron chi connectivity index (χ0n) is 51.3. The Kier molecular flexibility index (Phi) is 27.9. The second-order valence-electron chi connectivity index (χ2n) is 21.2. The second kappa shape index (κ2) is 36.8. The number of nitrogens with one attached hydrogen (secondary N) is 3.